The Kier molecular flexibility index (Phi) is 9.22. The van der Waals surface area contributed by atoms with E-state index in [2.05, 4.69) is 15.4 Å². The van der Waals surface area contributed by atoms with Gasteiger partial charge in [-0.3, -0.25) is 14.4 Å². The highest BCUT2D eigenvalue weighted by Crippen LogP contribution is 2.12. The third-order valence-electron chi connectivity index (χ3n) is 4.42. The van der Waals surface area contributed by atoms with E-state index in [0.717, 1.165) is 5.56 Å². The second-order valence-electron chi connectivity index (χ2n) is 6.83. The maximum absolute atomic E-state index is 12.0. The number of carbonyl (C=O) groups excluding carboxylic acids is 4. The van der Waals surface area contributed by atoms with Gasteiger partial charge in [-0.05, 0) is 43.2 Å². The summed E-state index contributed by atoms with van der Waals surface area (Å²) in [5, 5.41) is 5.44. The van der Waals surface area contributed by atoms with E-state index < -0.39 is 17.8 Å². The highest BCUT2D eigenvalue weighted by molar-refractivity contribution is 5.93. The minimum atomic E-state index is -0.544. The third kappa shape index (κ3) is 8.30. The number of anilines is 1. The fourth-order valence-electron chi connectivity index (χ4n) is 2.75. The summed E-state index contributed by atoms with van der Waals surface area (Å²) >= 11 is 0. The lowest BCUT2D eigenvalue weighted by atomic mass is 10.1. The van der Waals surface area contributed by atoms with Gasteiger partial charge < -0.3 is 20.1 Å². The highest BCUT2D eigenvalue weighted by Gasteiger charge is 2.12. The molecule has 2 N–H and O–H groups in total. The molecule has 8 heteroatoms. The first kappa shape index (κ1) is 23.6. The van der Waals surface area contributed by atoms with E-state index in [1.165, 1.54) is 7.11 Å². The topological polar surface area (TPSA) is 111 Å². The van der Waals surface area contributed by atoms with E-state index in [4.69, 9.17) is 4.74 Å². The second kappa shape index (κ2) is 12.1. The van der Waals surface area contributed by atoms with Crippen LogP contribution >= 0.6 is 0 Å². The average Bonchev–Trinajstić information content (AvgIpc) is 2.78. The first-order valence-electron chi connectivity index (χ1n) is 9.87. The molecule has 2 amide bonds. The summed E-state index contributed by atoms with van der Waals surface area (Å²) in [6, 6.07) is 15.5. The zero-order valence-electron chi connectivity index (χ0n) is 17.6. The average molecular weight is 426 g/mol. The number of methoxy groups -OCH3 is 1. The number of benzene rings is 2. The zero-order chi connectivity index (χ0) is 22.6. The summed E-state index contributed by atoms with van der Waals surface area (Å²) < 4.78 is 9.57. The summed E-state index contributed by atoms with van der Waals surface area (Å²) in [5.41, 5.74) is 1.86. The molecule has 0 saturated heterocycles. The van der Waals surface area contributed by atoms with Gasteiger partial charge in [0.25, 0.3) is 5.91 Å². The largest absolute Gasteiger partial charge is 0.465 e. The van der Waals surface area contributed by atoms with Gasteiger partial charge in [0.1, 0.15) is 0 Å². The molecule has 0 aliphatic carbocycles. The monoisotopic (exact) mass is 426 g/mol. The molecule has 2 rings (SSSR count). The van der Waals surface area contributed by atoms with Crippen molar-refractivity contribution in [2.24, 2.45) is 0 Å². The minimum Gasteiger partial charge on any atom is -0.465 e. The van der Waals surface area contributed by atoms with Crippen LogP contribution in [-0.4, -0.2) is 37.5 Å². The van der Waals surface area contributed by atoms with Gasteiger partial charge in [0.05, 0.1) is 18.7 Å². The molecule has 0 heterocycles. The number of carbonyl (C=O) groups is 4. The number of rotatable bonds is 10. The molecule has 1 atom stereocenters. The lowest BCUT2D eigenvalue weighted by Crippen LogP contribution is -2.31. The van der Waals surface area contributed by atoms with Crippen LogP contribution in [0.1, 0.15) is 48.1 Å². The number of amides is 2. The Balaban J connectivity index is 1.63. The number of hydrogen-bond acceptors (Lipinski definition) is 6. The first-order valence-corrected chi connectivity index (χ1v) is 9.87. The van der Waals surface area contributed by atoms with Crippen LogP contribution in [-0.2, 0) is 23.9 Å². The molecule has 0 bridgehead atoms. The van der Waals surface area contributed by atoms with Crippen LogP contribution in [0, 0.1) is 0 Å². The summed E-state index contributed by atoms with van der Waals surface area (Å²) in [5.74, 6) is -1.66. The first-order chi connectivity index (χ1) is 14.9. The molecule has 0 fully saturated rings. The molecule has 164 valence electrons. The van der Waals surface area contributed by atoms with E-state index in [1.54, 1.807) is 24.3 Å². The molecule has 0 aromatic heterocycles. The predicted octanol–water partition coefficient (Wildman–Crippen LogP) is 3.00. The number of esters is 2. The molecular weight excluding hydrogens is 400 g/mol. The van der Waals surface area contributed by atoms with Crippen LogP contribution in [0.15, 0.2) is 54.6 Å². The van der Waals surface area contributed by atoms with Crippen LogP contribution in [0.5, 0.6) is 0 Å². The molecule has 0 spiro atoms. The molecule has 0 saturated carbocycles. The van der Waals surface area contributed by atoms with Crippen molar-refractivity contribution in [2.45, 2.75) is 32.2 Å². The summed E-state index contributed by atoms with van der Waals surface area (Å²) in [6.45, 7) is 1.48. The molecule has 2 aromatic rings. The summed E-state index contributed by atoms with van der Waals surface area (Å²) in [6.07, 6.45) is 0.425. The van der Waals surface area contributed by atoms with Crippen LogP contribution in [0.2, 0.25) is 0 Å². The van der Waals surface area contributed by atoms with Crippen molar-refractivity contribution >= 4 is 29.4 Å². The number of ether oxygens (including phenoxy) is 2. The van der Waals surface area contributed by atoms with Crippen molar-refractivity contribution in [3.05, 3.63) is 65.7 Å². The van der Waals surface area contributed by atoms with Gasteiger partial charge >= 0.3 is 11.9 Å². The van der Waals surface area contributed by atoms with Crippen molar-refractivity contribution in [1.29, 1.82) is 0 Å². The van der Waals surface area contributed by atoms with Crippen molar-refractivity contribution in [3.8, 4) is 0 Å². The van der Waals surface area contributed by atoms with E-state index in [0.29, 0.717) is 11.3 Å². The smallest absolute Gasteiger partial charge is 0.337 e. The third-order valence-corrected chi connectivity index (χ3v) is 4.42. The Labute approximate surface area is 180 Å². The lowest BCUT2D eigenvalue weighted by Gasteiger charge is -2.14. The van der Waals surface area contributed by atoms with Gasteiger partial charge in [-0.25, -0.2) is 4.79 Å². The van der Waals surface area contributed by atoms with Gasteiger partial charge in [-0.15, -0.1) is 0 Å². The predicted molar refractivity (Wildman–Crippen MR) is 114 cm³/mol. The maximum Gasteiger partial charge on any atom is 0.337 e. The van der Waals surface area contributed by atoms with Crippen LogP contribution < -0.4 is 10.6 Å². The Hall–Kier alpha value is -3.68. The van der Waals surface area contributed by atoms with Gasteiger partial charge in [-0.1, -0.05) is 30.3 Å². The molecule has 0 aliphatic rings. The Morgan fingerprint density at radius 3 is 2.23 bits per heavy atom. The van der Waals surface area contributed by atoms with Gasteiger partial charge in [0.15, 0.2) is 6.61 Å². The summed E-state index contributed by atoms with van der Waals surface area (Å²) in [4.78, 5) is 47.1. The lowest BCUT2D eigenvalue weighted by molar-refractivity contribution is -0.148. The zero-order valence-corrected chi connectivity index (χ0v) is 17.6. The Morgan fingerprint density at radius 2 is 1.58 bits per heavy atom. The molecule has 0 aliphatic heterocycles. The van der Waals surface area contributed by atoms with E-state index >= 15 is 0 Å². The number of hydrogen-bond donors (Lipinski definition) is 2. The summed E-state index contributed by atoms with van der Waals surface area (Å²) in [7, 11) is 1.29. The molecule has 31 heavy (non-hydrogen) atoms. The molecule has 0 radical (unpaired) electrons. The van der Waals surface area contributed by atoms with Crippen molar-refractivity contribution in [3.63, 3.8) is 0 Å². The molecule has 8 nitrogen and oxygen atoms in total. The van der Waals surface area contributed by atoms with Crippen LogP contribution in [0.3, 0.4) is 0 Å². The molecule has 0 unspecified atom stereocenters. The van der Waals surface area contributed by atoms with Crippen molar-refractivity contribution in [2.75, 3.05) is 19.0 Å². The Morgan fingerprint density at radius 1 is 0.903 bits per heavy atom. The highest BCUT2D eigenvalue weighted by atomic mass is 16.5. The minimum absolute atomic E-state index is 0.0240. The maximum atomic E-state index is 12.0. The van der Waals surface area contributed by atoms with Crippen LogP contribution in [0.4, 0.5) is 5.69 Å². The molecule has 2 aromatic carbocycles. The Bertz CT molecular complexity index is 896. The van der Waals surface area contributed by atoms with Crippen molar-refractivity contribution < 1.29 is 28.7 Å². The quantitative estimate of drug-likeness (QED) is 0.565. The molecular formula is C23H26N2O6. The van der Waals surface area contributed by atoms with Crippen molar-refractivity contribution in [1.82, 2.24) is 5.32 Å². The van der Waals surface area contributed by atoms with Gasteiger partial charge in [0.2, 0.25) is 5.91 Å². The second-order valence-corrected chi connectivity index (χ2v) is 6.83. The van der Waals surface area contributed by atoms with Crippen LogP contribution in [0.25, 0.3) is 0 Å². The normalized spacial score (nSPS) is 11.2. The standard InChI is InChI=1S/C23H26N2O6/c1-16(17-7-4-3-5-8-17)24-21(27)15-31-22(28)10-6-9-20(26)25-19-13-11-18(12-14-19)23(29)30-2/h3-5,7-8,11-14,16H,6,9-10,15H2,1-2H3,(H,24,27)(H,25,26)/t16-/m1/s1. The fraction of sp³-hybridized carbons (Fsp3) is 0.304. The van der Waals surface area contributed by atoms with E-state index in [-0.39, 0.29) is 37.8 Å². The fourth-order valence-corrected chi connectivity index (χ4v) is 2.75. The van der Waals surface area contributed by atoms with Gasteiger partial charge in [-0.2, -0.15) is 0 Å². The van der Waals surface area contributed by atoms with E-state index in [9.17, 15) is 19.2 Å². The van der Waals surface area contributed by atoms with Gasteiger partial charge in [0, 0.05) is 18.5 Å². The number of nitrogens with one attached hydrogen (secondary N) is 2. The SMILES string of the molecule is COC(=O)c1ccc(NC(=O)CCCC(=O)OCC(=O)N[C@H](C)c2ccccc2)cc1. The van der Waals surface area contributed by atoms with E-state index in [1.807, 2.05) is 37.3 Å².